The maximum Gasteiger partial charge on any atom is 0.269 e. The van der Waals surface area contributed by atoms with Gasteiger partial charge in [-0.25, -0.2) is 0 Å². The fraction of sp³-hybridized carbons (Fsp3) is 0.167. The van der Waals surface area contributed by atoms with Crippen LogP contribution in [0.4, 0.5) is 11.4 Å². The molecule has 0 aliphatic heterocycles. The van der Waals surface area contributed by atoms with E-state index < -0.39 is 11.0 Å². The molecular weight excluding hydrogens is 252 g/mol. The first kappa shape index (κ1) is 12.5. The predicted octanol–water partition coefficient (Wildman–Crippen LogP) is 2.80. The van der Waals surface area contributed by atoms with E-state index in [2.05, 4.69) is 5.32 Å². The first-order valence-corrected chi connectivity index (χ1v) is 6.29. The zero-order valence-corrected chi connectivity index (χ0v) is 10.3. The Balaban J connectivity index is 1.96. The second-order valence-electron chi connectivity index (χ2n) is 3.76. The SMILES string of the molecule is O=[N+]([O-])c1ccc(C(O)CNc2ccsc2)cc1. The van der Waals surface area contributed by atoms with Crippen LogP contribution in [0.15, 0.2) is 41.1 Å². The number of anilines is 1. The first-order chi connectivity index (χ1) is 8.66. The molecule has 6 heteroatoms. The summed E-state index contributed by atoms with van der Waals surface area (Å²) in [6.07, 6.45) is -0.689. The smallest absolute Gasteiger partial charge is 0.269 e. The number of non-ortho nitro benzene ring substituents is 1. The molecule has 94 valence electrons. The number of rotatable bonds is 5. The molecule has 1 unspecified atom stereocenters. The number of thiophene rings is 1. The average molecular weight is 264 g/mol. The van der Waals surface area contributed by atoms with E-state index in [1.54, 1.807) is 23.5 Å². The van der Waals surface area contributed by atoms with Crippen LogP contribution in [0, 0.1) is 10.1 Å². The van der Waals surface area contributed by atoms with E-state index >= 15 is 0 Å². The lowest BCUT2D eigenvalue weighted by atomic mass is 10.1. The van der Waals surface area contributed by atoms with Crippen LogP contribution in [0.1, 0.15) is 11.7 Å². The van der Waals surface area contributed by atoms with Gasteiger partial charge < -0.3 is 10.4 Å². The molecule has 2 rings (SSSR count). The lowest BCUT2D eigenvalue weighted by Gasteiger charge is -2.11. The molecular formula is C12H12N2O3S. The summed E-state index contributed by atoms with van der Waals surface area (Å²) in [6, 6.07) is 7.84. The van der Waals surface area contributed by atoms with Gasteiger partial charge in [0.1, 0.15) is 0 Å². The summed E-state index contributed by atoms with van der Waals surface area (Å²) in [5.74, 6) is 0. The van der Waals surface area contributed by atoms with Crippen molar-refractivity contribution in [3.05, 3.63) is 56.8 Å². The van der Waals surface area contributed by atoms with E-state index in [9.17, 15) is 15.2 Å². The number of nitrogens with zero attached hydrogens (tertiary/aromatic N) is 1. The number of hydrogen-bond acceptors (Lipinski definition) is 5. The van der Waals surface area contributed by atoms with Gasteiger partial charge in [-0.3, -0.25) is 10.1 Å². The van der Waals surface area contributed by atoms with Crippen molar-refractivity contribution in [3.8, 4) is 0 Å². The van der Waals surface area contributed by atoms with Crippen molar-refractivity contribution in [2.24, 2.45) is 0 Å². The molecule has 1 atom stereocenters. The van der Waals surface area contributed by atoms with Gasteiger partial charge in [0.2, 0.25) is 0 Å². The highest BCUT2D eigenvalue weighted by molar-refractivity contribution is 7.08. The summed E-state index contributed by atoms with van der Waals surface area (Å²) < 4.78 is 0. The third kappa shape index (κ3) is 3.06. The number of nitro groups is 1. The van der Waals surface area contributed by atoms with Gasteiger partial charge in [0.05, 0.1) is 11.0 Å². The van der Waals surface area contributed by atoms with Gasteiger partial charge in [0, 0.05) is 29.7 Å². The van der Waals surface area contributed by atoms with Crippen LogP contribution in [-0.4, -0.2) is 16.6 Å². The van der Waals surface area contributed by atoms with Crippen molar-refractivity contribution in [1.29, 1.82) is 0 Å². The van der Waals surface area contributed by atoms with Gasteiger partial charge >= 0.3 is 0 Å². The first-order valence-electron chi connectivity index (χ1n) is 5.35. The minimum absolute atomic E-state index is 0.0248. The van der Waals surface area contributed by atoms with E-state index in [4.69, 9.17) is 0 Å². The fourth-order valence-electron chi connectivity index (χ4n) is 1.52. The Morgan fingerprint density at radius 1 is 1.33 bits per heavy atom. The molecule has 0 amide bonds. The van der Waals surface area contributed by atoms with Crippen LogP contribution >= 0.6 is 11.3 Å². The topological polar surface area (TPSA) is 75.4 Å². The van der Waals surface area contributed by atoms with E-state index in [-0.39, 0.29) is 5.69 Å². The van der Waals surface area contributed by atoms with Crippen molar-refractivity contribution >= 4 is 22.7 Å². The Labute approximate surface area is 108 Å². The zero-order chi connectivity index (χ0) is 13.0. The highest BCUT2D eigenvalue weighted by Gasteiger charge is 2.10. The number of hydrogen-bond donors (Lipinski definition) is 2. The molecule has 0 fully saturated rings. The minimum Gasteiger partial charge on any atom is -0.387 e. The molecule has 0 spiro atoms. The Bertz CT molecular complexity index is 511. The van der Waals surface area contributed by atoms with Gasteiger partial charge in [0.25, 0.3) is 5.69 Å². The van der Waals surface area contributed by atoms with Crippen LogP contribution in [0.3, 0.4) is 0 Å². The van der Waals surface area contributed by atoms with E-state index in [1.165, 1.54) is 12.1 Å². The number of nitro benzene ring substituents is 1. The standard InChI is InChI=1S/C12H12N2O3S/c15-12(7-13-10-5-6-18-8-10)9-1-3-11(4-2-9)14(16)17/h1-6,8,12-13,15H,7H2. The van der Waals surface area contributed by atoms with Crippen molar-refractivity contribution in [2.45, 2.75) is 6.10 Å². The van der Waals surface area contributed by atoms with Crippen LogP contribution in [0.25, 0.3) is 0 Å². The summed E-state index contributed by atoms with van der Waals surface area (Å²) in [6.45, 7) is 0.370. The maximum absolute atomic E-state index is 10.5. The molecule has 18 heavy (non-hydrogen) atoms. The van der Waals surface area contributed by atoms with Gasteiger partial charge in [0.15, 0.2) is 0 Å². The third-order valence-electron chi connectivity index (χ3n) is 2.51. The molecule has 0 radical (unpaired) electrons. The normalized spacial score (nSPS) is 12.1. The molecule has 2 N–H and O–H groups in total. The number of aliphatic hydroxyl groups is 1. The second kappa shape index (κ2) is 5.61. The molecule has 0 aliphatic rings. The molecule has 0 bridgehead atoms. The highest BCUT2D eigenvalue weighted by atomic mass is 32.1. The Morgan fingerprint density at radius 2 is 2.06 bits per heavy atom. The van der Waals surface area contributed by atoms with E-state index in [0.717, 1.165) is 5.69 Å². The Hall–Kier alpha value is -1.92. The van der Waals surface area contributed by atoms with E-state index in [0.29, 0.717) is 12.1 Å². The maximum atomic E-state index is 10.5. The molecule has 0 saturated carbocycles. The third-order valence-corrected chi connectivity index (χ3v) is 3.19. The number of aliphatic hydroxyl groups excluding tert-OH is 1. The molecule has 2 aromatic rings. The predicted molar refractivity (Wildman–Crippen MR) is 70.9 cm³/mol. The van der Waals surface area contributed by atoms with Gasteiger partial charge in [-0.2, -0.15) is 11.3 Å². The summed E-state index contributed by atoms with van der Waals surface area (Å²) in [4.78, 5) is 10.0. The number of nitrogens with one attached hydrogen (secondary N) is 1. The lowest BCUT2D eigenvalue weighted by molar-refractivity contribution is -0.384. The Morgan fingerprint density at radius 3 is 2.61 bits per heavy atom. The lowest BCUT2D eigenvalue weighted by Crippen LogP contribution is -2.11. The van der Waals surface area contributed by atoms with Crippen LogP contribution in [-0.2, 0) is 0 Å². The van der Waals surface area contributed by atoms with Crippen molar-refractivity contribution in [1.82, 2.24) is 0 Å². The van der Waals surface area contributed by atoms with Crippen molar-refractivity contribution in [2.75, 3.05) is 11.9 Å². The molecule has 1 heterocycles. The van der Waals surface area contributed by atoms with Gasteiger partial charge in [-0.1, -0.05) is 0 Å². The number of benzene rings is 1. The highest BCUT2D eigenvalue weighted by Crippen LogP contribution is 2.19. The second-order valence-corrected chi connectivity index (χ2v) is 4.54. The van der Waals surface area contributed by atoms with Crippen molar-refractivity contribution in [3.63, 3.8) is 0 Å². The van der Waals surface area contributed by atoms with Crippen LogP contribution in [0.2, 0.25) is 0 Å². The average Bonchev–Trinajstić information content (AvgIpc) is 2.89. The minimum atomic E-state index is -0.689. The molecule has 5 nitrogen and oxygen atoms in total. The fourth-order valence-corrected chi connectivity index (χ4v) is 2.13. The summed E-state index contributed by atoms with van der Waals surface area (Å²) in [7, 11) is 0. The quantitative estimate of drug-likeness (QED) is 0.643. The summed E-state index contributed by atoms with van der Waals surface area (Å²) in [5, 5.41) is 27.4. The van der Waals surface area contributed by atoms with Crippen LogP contribution < -0.4 is 5.32 Å². The molecule has 1 aromatic heterocycles. The van der Waals surface area contributed by atoms with Crippen LogP contribution in [0.5, 0.6) is 0 Å². The summed E-state index contributed by atoms with van der Waals surface area (Å²) in [5.41, 5.74) is 1.64. The van der Waals surface area contributed by atoms with Gasteiger partial charge in [-0.05, 0) is 29.1 Å². The van der Waals surface area contributed by atoms with Crippen molar-refractivity contribution < 1.29 is 10.0 Å². The van der Waals surface area contributed by atoms with Gasteiger partial charge in [-0.15, -0.1) is 0 Å². The van der Waals surface area contributed by atoms with E-state index in [1.807, 2.05) is 16.8 Å². The summed E-state index contributed by atoms with van der Waals surface area (Å²) >= 11 is 1.57. The molecule has 0 saturated heterocycles. The largest absolute Gasteiger partial charge is 0.387 e. The monoisotopic (exact) mass is 264 g/mol. The Kier molecular flexibility index (Phi) is 3.91. The zero-order valence-electron chi connectivity index (χ0n) is 9.45. The molecule has 0 aliphatic carbocycles. The molecule has 1 aromatic carbocycles.